The van der Waals surface area contributed by atoms with Crippen LogP contribution in [-0.4, -0.2) is 23.2 Å². The summed E-state index contributed by atoms with van der Waals surface area (Å²) in [5.41, 5.74) is 0.315. The number of aliphatic hydroxyl groups excluding tert-OH is 1. The molecule has 0 fully saturated rings. The maximum atomic E-state index is 10.6. The van der Waals surface area contributed by atoms with E-state index in [1.54, 1.807) is 6.92 Å². The molecular weight excluding hydrogens is 194 g/mol. The molecule has 1 N–H and O–H groups in total. The summed E-state index contributed by atoms with van der Waals surface area (Å²) in [7, 11) is 0. The third kappa shape index (κ3) is 3.02. The molecule has 0 radical (unpaired) electrons. The van der Waals surface area contributed by atoms with E-state index in [2.05, 4.69) is 0 Å². The summed E-state index contributed by atoms with van der Waals surface area (Å²) in [6.45, 7) is 1.61. The normalized spacial score (nSPS) is 14.5. The molecule has 1 aromatic rings. The van der Waals surface area contributed by atoms with Crippen LogP contribution in [0.2, 0.25) is 0 Å². The van der Waals surface area contributed by atoms with Gasteiger partial charge in [0, 0.05) is 11.5 Å². The van der Waals surface area contributed by atoms with Crippen molar-refractivity contribution < 1.29 is 10.0 Å². The molecule has 0 unspecified atom stereocenters. The predicted molar refractivity (Wildman–Crippen MR) is 57.4 cm³/mol. The highest BCUT2D eigenvalue weighted by Crippen LogP contribution is 2.27. The minimum Gasteiger partial charge on any atom is -0.396 e. The molecule has 4 heteroatoms. The average molecular weight is 209 g/mol. The second-order valence-electron chi connectivity index (χ2n) is 3.89. The molecule has 0 heterocycles. The van der Waals surface area contributed by atoms with E-state index >= 15 is 0 Å². The van der Waals surface area contributed by atoms with Gasteiger partial charge >= 0.3 is 0 Å². The van der Waals surface area contributed by atoms with Crippen LogP contribution in [0.4, 0.5) is 0 Å². The minimum absolute atomic E-state index is 0.0424. The Morgan fingerprint density at radius 3 is 2.47 bits per heavy atom. The van der Waals surface area contributed by atoms with Crippen molar-refractivity contribution in [3.8, 4) is 0 Å². The summed E-state index contributed by atoms with van der Waals surface area (Å²) in [6, 6.07) is 9.29. The van der Waals surface area contributed by atoms with E-state index in [1.165, 1.54) is 0 Å². The van der Waals surface area contributed by atoms with Crippen LogP contribution in [0.15, 0.2) is 30.3 Å². The fraction of sp³-hybridized carbons (Fsp3) is 0.455. The number of rotatable bonds is 5. The zero-order valence-electron chi connectivity index (χ0n) is 8.72. The second-order valence-corrected chi connectivity index (χ2v) is 3.89. The average Bonchev–Trinajstić information content (AvgIpc) is 2.18. The quantitative estimate of drug-likeness (QED) is 0.591. The number of hydrogen-bond donors (Lipinski definition) is 1. The summed E-state index contributed by atoms with van der Waals surface area (Å²) in [4.78, 5) is 10.3. The Hall–Kier alpha value is -1.42. The zero-order chi connectivity index (χ0) is 11.3. The van der Waals surface area contributed by atoms with E-state index in [0.29, 0.717) is 6.42 Å². The predicted octanol–water partition coefficient (Wildman–Crippen LogP) is 1.60. The first-order valence-corrected chi connectivity index (χ1v) is 4.87. The molecule has 0 aliphatic heterocycles. The van der Waals surface area contributed by atoms with Crippen molar-refractivity contribution in [2.24, 2.45) is 0 Å². The van der Waals surface area contributed by atoms with Crippen LogP contribution < -0.4 is 0 Å². The van der Waals surface area contributed by atoms with Gasteiger partial charge in [-0.15, -0.1) is 0 Å². The van der Waals surface area contributed by atoms with E-state index in [4.69, 9.17) is 5.11 Å². The summed E-state index contributed by atoms with van der Waals surface area (Å²) < 4.78 is 0. The van der Waals surface area contributed by atoms with Gasteiger partial charge in [-0.1, -0.05) is 30.3 Å². The van der Waals surface area contributed by atoms with Gasteiger partial charge in [-0.3, -0.25) is 10.1 Å². The van der Waals surface area contributed by atoms with Crippen molar-refractivity contribution in [2.75, 3.05) is 13.2 Å². The molecule has 0 aromatic heterocycles. The second kappa shape index (κ2) is 4.89. The van der Waals surface area contributed by atoms with Crippen LogP contribution in [0.1, 0.15) is 18.9 Å². The molecule has 1 rings (SSSR count). The molecule has 0 bridgehead atoms. The van der Waals surface area contributed by atoms with E-state index < -0.39 is 5.41 Å². The van der Waals surface area contributed by atoms with E-state index in [9.17, 15) is 10.1 Å². The number of nitro groups is 1. The molecule has 0 aliphatic rings. The summed E-state index contributed by atoms with van der Waals surface area (Å²) in [5.74, 6) is 0. The molecule has 0 saturated heterocycles. The number of nitrogens with zero attached hydrogens (tertiary/aromatic N) is 1. The van der Waals surface area contributed by atoms with Gasteiger partial charge in [-0.25, -0.2) is 0 Å². The largest absolute Gasteiger partial charge is 0.396 e. The lowest BCUT2D eigenvalue weighted by molar-refractivity contribution is -0.490. The van der Waals surface area contributed by atoms with Gasteiger partial charge in [-0.05, 0) is 18.9 Å². The van der Waals surface area contributed by atoms with E-state index in [-0.39, 0.29) is 18.1 Å². The van der Waals surface area contributed by atoms with Gasteiger partial charge in [0.1, 0.15) is 0 Å². The Bertz CT molecular complexity index is 326. The van der Waals surface area contributed by atoms with Gasteiger partial charge in [0.25, 0.3) is 0 Å². The minimum atomic E-state index is -0.584. The van der Waals surface area contributed by atoms with Gasteiger partial charge in [-0.2, -0.15) is 0 Å². The maximum Gasteiger partial charge on any atom is 0.213 e. The molecule has 4 nitrogen and oxygen atoms in total. The highest BCUT2D eigenvalue weighted by molar-refractivity contribution is 5.24. The highest BCUT2D eigenvalue weighted by Gasteiger charge is 2.31. The van der Waals surface area contributed by atoms with Gasteiger partial charge in [0.2, 0.25) is 6.54 Å². The standard InChI is InChI=1S/C11H15NO3/c1-11(7-8-13,9-12(14)15)10-5-3-2-4-6-10/h2-6,13H,7-9H2,1H3/t11-/m1/s1. The van der Waals surface area contributed by atoms with Gasteiger partial charge in [0.15, 0.2) is 0 Å². The van der Waals surface area contributed by atoms with Gasteiger partial charge < -0.3 is 5.11 Å². The van der Waals surface area contributed by atoms with Crippen LogP contribution in [0, 0.1) is 10.1 Å². The Balaban J connectivity index is 2.95. The Morgan fingerprint density at radius 2 is 2.00 bits per heavy atom. The number of aliphatic hydroxyl groups is 1. The number of hydrogen-bond acceptors (Lipinski definition) is 3. The number of benzene rings is 1. The van der Waals surface area contributed by atoms with Crippen molar-refractivity contribution in [3.05, 3.63) is 46.0 Å². The third-order valence-corrected chi connectivity index (χ3v) is 2.61. The van der Waals surface area contributed by atoms with Crippen LogP contribution in [0.25, 0.3) is 0 Å². The Labute approximate surface area is 88.7 Å². The maximum absolute atomic E-state index is 10.6. The van der Waals surface area contributed by atoms with Crippen LogP contribution in [0.3, 0.4) is 0 Å². The fourth-order valence-corrected chi connectivity index (χ4v) is 1.69. The Morgan fingerprint density at radius 1 is 1.40 bits per heavy atom. The molecule has 0 amide bonds. The lowest BCUT2D eigenvalue weighted by Crippen LogP contribution is -2.32. The lowest BCUT2D eigenvalue weighted by Gasteiger charge is -2.24. The third-order valence-electron chi connectivity index (χ3n) is 2.61. The van der Waals surface area contributed by atoms with E-state index in [1.807, 2.05) is 30.3 Å². The fourth-order valence-electron chi connectivity index (χ4n) is 1.69. The van der Waals surface area contributed by atoms with Crippen molar-refractivity contribution >= 4 is 0 Å². The molecule has 82 valence electrons. The molecule has 0 aliphatic carbocycles. The van der Waals surface area contributed by atoms with Crippen molar-refractivity contribution in [2.45, 2.75) is 18.8 Å². The molecular formula is C11H15NO3. The first kappa shape index (κ1) is 11.7. The van der Waals surface area contributed by atoms with Gasteiger partial charge in [0.05, 0.1) is 5.41 Å². The summed E-state index contributed by atoms with van der Waals surface area (Å²) >= 11 is 0. The summed E-state index contributed by atoms with van der Waals surface area (Å²) in [5, 5.41) is 19.5. The lowest BCUT2D eigenvalue weighted by atomic mass is 9.80. The van der Waals surface area contributed by atoms with Crippen LogP contribution in [-0.2, 0) is 5.41 Å². The highest BCUT2D eigenvalue weighted by atomic mass is 16.6. The SMILES string of the molecule is C[C@@](CCO)(C[N+](=O)[O-])c1ccccc1. The monoisotopic (exact) mass is 209 g/mol. The van der Waals surface area contributed by atoms with Crippen LogP contribution in [0.5, 0.6) is 0 Å². The molecule has 1 aromatic carbocycles. The molecule has 15 heavy (non-hydrogen) atoms. The first-order chi connectivity index (χ1) is 7.08. The first-order valence-electron chi connectivity index (χ1n) is 4.87. The van der Waals surface area contributed by atoms with E-state index in [0.717, 1.165) is 5.56 Å². The Kier molecular flexibility index (Phi) is 3.80. The summed E-state index contributed by atoms with van der Waals surface area (Å²) in [6.07, 6.45) is 0.401. The van der Waals surface area contributed by atoms with Crippen molar-refractivity contribution in [1.82, 2.24) is 0 Å². The topological polar surface area (TPSA) is 63.4 Å². The molecule has 1 atom stereocenters. The van der Waals surface area contributed by atoms with Crippen molar-refractivity contribution in [3.63, 3.8) is 0 Å². The molecule has 0 spiro atoms. The molecule has 0 saturated carbocycles. The van der Waals surface area contributed by atoms with Crippen LogP contribution >= 0.6 is 0 Å². The smallest absolute Gasteiger partial charge is 0.213 e. The van der Waals surface area contributed by atoms with Crippen molar-refractivity contribution in [1.29, 1.82) is 0 Å². The zero-order valence-corrected chi connectivity index (χ0v) is 8.72.